The third kappa shape index (κ3) is 2.93. The van der Waals surface area contributed by atoms with Gasteiger partial charge in [0.25, 0.3) is 0 Å². The van der Waals surface area contributed by atoms with Crippen LogP contribution in [-0.2, 0) is 7.05 Å². The third-order valence-corrected chi connectivity index (χ3v) is 5.64. The molecule has 0 aliphatic rings. The molecule has 138 valence electrons. The minimum Gasteiger partial charge on any atom is -0.455 e. The number of aromatic nitrogens is 1. The van der Waals surface area contributed by atoms with E-state index < -0.39 is 0 Å². The second-order valence-corrected chi connectivity index (χ2v) is 8.26. The van der Waals surface area contributed by atoms with Gasteiger partial charge in [0.1, 0.15) is 18.2 Å². The van der Waals surface area contributed by atoms with Gasteiger partial charge in [0, 0.05) is 22.9 Å². The van der Waals surface area contributed by atoms with Crippen molar-refractivity contribution in [3.63, 3.8) is 0 Å². The van der Waals surface area contributed by atoms with Crippen LogP contribution in [0.15, 0.2) is 53.1 Å². The Morgan fingerprint density at radius 1 is 0.815 bits per heavy atom. The lowest BCUT2D eigenvalue weighted by Crippen LogP contribution is -2.31. The molecule has 0 N–H and O–H groups in total. The Labute approximate surface area is 161 Å². The Morgan fingerprint density at radius 2 is 1.48 bits per heavy atom. The summed E-state index contributed by atoms with van der Waals surface area (Å²) in [7, 11) is 2.11. The van der Waals surface area contributed by atoms with E-state index in [9.17, 15) is 0 Å². The Bertz CT molecular complexity index is 1150. The number of benzene rings is 2. The molecule has 0 bridgehead atoms. The van der Waals surface area contributed by atoms with Gasteiger partial charge in [-0.1, -0.05) is 52.0 Å². The summed E-state index contributed by atoms with van der Waals surface area (Å²) in [5, 5.41) is 2.38. The second-order valence-electron chi connectivity index (χ2n) is 8.26. The molecule has 0 atom stereocenters. The maximum Gasteiger partial charge on any atom is 0.216 e. The van der Waals surface area contributed by atoms with Gasteiger partial charge in [-0.2, -0.15) is 0 Å². The van der Waals surface area contributed by atoms with Crippen LogP contribution in [0.4, 0.5) is 0 Å². The van der Waals surface area contributed by atoms with Crippen molar-refractivity contribution < 1.29 is 8.98 Å². The van der Waals surface area contributed by atoms with Gasteiger partial charge < -0.3 is 4.42 Å². The van der Waals surface area contributed by atoms with Gasteiger partial charge in [0.15, 0.2) is 6.20 Å². The molecule has 0 saturated carbocycles. The average molecular weight is 359 g/mol. The van der Waals surface area contributed by atoms with Gasteiger partial charge in [-0.05, 0) is 41.5 Å². The highest BCUT2D eigenvalue weighted by Crippen LogP contribution is 2.38. The van der Waals surface area contributed by atoms with Gasteiger partial charge in [-0.15, -0.1) is 0 Å². The normalized spacial score (nSPS) is 12.0. The first-order chi connectivity index (χ1) is 12.9. The van der Waals surface area contributed by atoms with E-state index in [0.29, 0.717) is 11.8 Å². The molecule has 2 aromatic heterocycles. The molecule has 27 heavy (non-hydrogen) atoms. The number of pyridine rings is 1. The molecule has 4 aromatic rings. The van der Waals surface area contributed by atoms with Crippen LogP contribution in [0, 0.1) is 6.92 Å². The van der Waals surface area contributed by atoms with E-state index in [1.807, 2.05) is 0 Å². The highest BCUT2D eigenvalue weighted by atomic mass is 16.3. The fraction of sp³-hybridized carbons (Fsp3) is 0.320. The summed E-state index contributed by atoms with van der Waals surface area (Å²) >= 11 is 0. The first-order valence-corrected chi connectivity index (χ1v) is 9.82. The van der Waals surface area contributed by atoms with Gasteiger partial charge in [0.05, 0.1) is 5.56 Å². The van der Waals surface area contributed by atoms with Crippen molar-refractivity contribution in [1.29, 1.82) is 0 Å². The molecule has 0 spiro atoms. The number of nitrogens with zero attached hydrogens (tertiary/aromatic N) is 1. The van der Waals surface area contributed by atoms with Crippen LogP contribution >= 0.6 is 0 Å². The van der Waals surface area contributed by atoms with E-state index in [0.717, 1.165) is 11.2 Å². The smallest absolute Gasteiger partial charge is 0.216 e. The zero-order valence-corrected chi connectivity index (χ0v) is 17.1. The zero-order chi connectivity index (χ0) is 19.3. The maximum atomic E-state index is 6.45. The first kappa shape index (κ1) is 17.8. The minimum atomic E-state index is 0.490. The molecular formula is C25H28NO+. The SMILES string of the molecule is Cc1ccc2c(oc3cc(C(C)C)ccc32)c1-c1cc(C(C)C)cc[n+]1C. The fourth-order valence-corrected chi connectivity index (χ4v) is 3.83. The summed E-state index contributed by atoms with van der Waals surface area (Å²) < 4.78 is 8.65. The van der Waals surface area contributed by atoms with Crippen molar-refractivity contribution in [3.05, 3.63) is 65.4 Å². The fourth-order valence-electron chi connectivity index (χ4n) is 3.83. The van der Waals surface area contributed by atoms with E-state index in [2.05, 4.69) is 94.9 Å². The number of fused-ring (bicyclic) bond motifs is 3. The molecule has 4 rings (SSSR count). The zero-order valence-electron chi connectivity index (χ0n) is 17.1. The van der Waals surface area contributed by atoms with Crippen LogP contribution < -0.4 is 4.57 Å². The van der Waals surface area contributed by atoms with Crippen molar-refractivity contribution >= 4 is 21.9 Å². The van der Waals surface area contributed by atoms with Crippen molar-refractivity contribution in [2.45, 2.75) is 46.5 Å². The van der Waals surface area contributed by atoms with E-state index in [4.69, 9.17) is 4.42 Å². The summed E-state index contributed by atoms with van der Waals surface area (Å²) in [4.78, 5) is 0. The van der Waals surface area contributed by atoms with Crippen LogP contribution in [0.3, 0.4) is 0 Å². The predicted molar refractivity (Wildman–Crippen MR) is 113 cm³/mol. The second kappa shape index (κ2) is 6.53. The highest BCUT2D eigenvalue weighted by molar-refractivity contribution is 6.09. The van der Waals surface area contributed by atoms with Crippen LogP contribution in [0.1, 0.15) is 56.2 Å². The molecule has 0 aliphatic heterocycles. The number of hydrogen-bond acceptors (Lipinski definition) is 1. The molecule has 2 nitrogen and oxygen atoms in total. The van der Waals surface area contributed by atoms with Crippen LogP contribution in [0.2, 0.25) is 0 Å². The Morgan fingerprint density at radius 3 is 2.19 bits per heavy atom. The Balaban J connectivity index is 2.05. The number of hydrogen-bond donors (Lipinski definition) is 0. The Kier molecular flexibility index (Phi) is 4.30. The number of rotatable bonds is 3. The standard InChI is InChI=1S/C25H28NO/c1-15(2)18-8-10-20-21-9-7-17(5)24(25(21)27-23(20)14-18)22-13-19(16(3)4)11-12-26(22)6/h7-16H,1-6H3/q+1. The van der Waals surface area contributed by atoms with Crippen molar-refractivity contribution in [3.8, 4) is 11.3 Å². The third-order valence-electron chi connectivity index (χ3n) is 5.64. The van der Waals surface area contributed by atoms with Crippen LogP contribution in [0.25, 0.3) is 33.2 Å². The van der Waals surface area contributed by atoms with Crippen molar-refractivity contribution in [2.24, 2.45) is 7.05 Å². The monoisotopic (exact) mass is 358 g/mol. The quantitative estimate of drug-likeness (QED) is 0.375. The van der Waals surface area contributed by atoms with Crippen LogP contribution in [-0.4, -0.2) is 0 Å². The summed E-state index contributed by atoms with van der Waals surface area (Å²) in [5.41, 5.74) is 8.26. The van der Waals surface area contributed by atoms with Crippen LogP contribution in [0.5, 0.6) is 0 Å². The van der Waals surface area contributed by atoms with Gasteiger partial charge in [-0.3, -0.25) is 0 Å². The molecule has 2 heteroatoms. The average Bonchev–Trinajstić information content (AvgIpc) is 2.99. The lowest BCUT2D eigenvalue weighted by atomic mass is 9.96. The molecule has 0 saturated heterocycles. The Hall–Kier alpha value is -2.61. The molecule has 2 heterocycles. The summed E-state index contributed by atoms with van der Waals surface area (Å²) in [6, 6.07) is 15.5. The first-order valence-electron chi connectivity index (χ1n) is 9.82. The molecule has 0 amide bonds. The topological polar surface area (TPSA) is 17.0 Å². The lowest BCUT2D eigenvalue weighted by molar-refractivity contribution is -0.660. The lowest BCUT2D eigenvalue weighted by Gasteiger charge is -2.09. The minimum absolute atomic E-state index is 0.490. The largest absolute Gasteiger partial charge is 0.455 e. The van der Waals surface area contributed by atoms with E-state index >= 15 is 0 Å². The van der Waals surface area contributed by atoms with Crippen molar-refractivity contribution in [1.82, 2.24) is 0 Å². The summed E-state index contributed by atoms with van der Waals surface area (Å²) in [5.74, 6) is 0.984. The van der Waals surface area contributed by atoms with Gasteiger partial charge >= 0.3 is 0 Å². The molecule has 0 aliphatic carbocycles. The molecule has 0 radical (unpaired) electrons. The van der Waals surface area contributed by atoms with E-state index in [1.54, 1.807) is 0 Å². The maximum absolute atomic E-state index is 6.45. The molecular weight excluding hydrogens is 330 g/mol. The van der Waals surface area contributed by atoms with Gasteiger partial charge in [0.2, 0.25) is 5.69 Å². The summed E-state index contributed by atoms with van der Waals surface area (Å²) in [6.45, 7) is 11.1. The predicted octanol–water partition coefficient (Wildman–Crippen LogP) is 6.63. The molecule has 0 fully saturated rings. The summed E-state index contributed by atoms with van der Waals surface area (Å²) in [6.07, 6.45) is 2.16. The highest BCUT2D eigenvalue weighted by Gasteiger charge is 2.21. The van der Waals surface area contributed by atoms with E-state index in [1.165, 1.54) is 38.7 Å². The molecule has 0 unspecified atom stereocenters. The number of aryl methyl sites for hydroxylation is 2. The van der Waals surface area contributed by atoms with E-state index in [-0.39, 0.29) is 0 Å². The number of furan rings is 1. The van der Waals surface area contributed by atoms with Crippen molar-refractivity contribution in [2.75, 3.05) is 0 Å². The van der Waals surface area contributed by atoms with Gasteiger partial charge in [-0.25, -0.2) is 4.57 Å². The molecule has 2 aromatic carbocycles.